The van der Waals surface area contributed by atoms with Gasteiger partial charge >= 0.3 is 5.97 Å². The third kappa shape index (κ3) is 6.06. The Kier molecular flexibility index (Phi) is 8.55. The summed E-state index contributed by atoms with van der Waals surface area (Å²) in [4.78, 5) is 48.5. The molecule has 4 fully saturated rings. The number of carbonyl (C=O) groups excluding carboxylic acids is 1. The van der Waals surface area contributed by atoms with Gasteiger partial charge in [-0.2, -0.15) is 0 Å². The van der Waals surface area contributed by atoms with E-state index in [1.54, 1.807) is 19.3 Å². The highest BCUT2D eigenvalue weighted by molar-refractivity contribution is 7.17. The highest BCUT2D eigenvalue weighted by Crippen LogP contribution is 2.34. The number of fused-ring (bicyclic) bond motifs is 3. The minimum Gasteiger partial charge on any atom is -0.477 e. The van der Waals surface area contributed by atoms with E-state index in [9.17, 15) is 14.7 Å². The van der Waals surface area contributed by atoms with E-state index in [2.05, 4.69) is 45.3 Å². The van der Waals surface area contributed by atoms with Crippen LogP contribution in [0.1, 0.15) is 38.7 Å². The number of piperidine rings is 1. The zero-order valence-corrected chi connectivity index (χ0v) is 25.5. The van der Waals surface area contributed by atoms with Crippen molar-refractivity contribution in [2.24, 2.45) is 5.92 Å². The fraction of sp³-hybridized carbons (Fsp3) is 0.519. The number of amides is 1. The SMILES string of the molecule is Cc1[nH]c(C(=O)NCC2CCN(c3nc(-c4cnc(NCC5CN6CCN5CC6)cn4)c(C(=O)O)s3)CC2)c(Cl)c1Cl. The number of halogens is 2. The molecule has 1 unspecified atom stereocenters. The zero-order chi connectivity index (χ0) is 29.4. The fourth-order valence-electron chi connectivity index (χ4n) is 5.83. The number of aromatic amines is 1. The van der Waals surface area contributed by atoms with E-state index >= 15 is 0 Å². The van der Waals surface area contributed by atoms with E-state index in [4.69, 9.17) is 23.2 Å². The summed E-state index contributed by atoms with van der Waals surface area (Å²) < 4.78 is 0. The summed E-state index contributed by atoms with van der Waals surface area (Å²) in [5.41, 5.74) is 1.69. The molecule has 1 atom stereocenters. The maximum absolute atomic E-state index is 12.6. The maximum Gasteiger partial charge on any atom is 0.348 e. The maximum atomic E-state index is 12.6. The number of piperazine rings is 3. The number of carboxylic acids is 1. The summed E-state index contributed by atoms with van der Waals surface area (Å²) in [5, 5.41) is 17.5. The Morgan fingerprint density at radius 2 is 1.83 bits per heavy atom. The van der Waals surface area contributed by atoms with Gasteiger partial charge in [0, 0.05) is 70.6 Å². The number of hydrogen-bond donors (Lipinski definition) is 4. The topological polar surface area (TPSA) is 143 Å². The Balaban J connectivity index is 1.04. The fourth-order valence-corrected chi connectivity index (χ4v) is 7.21. The van der Waals surface area contributed by atoms with Crippen molar-refractivity contribution in [2.75, 3.05) is 69.1 Å². The van der Waals surface area contributed by atoms with Crippen molar-refractivity contribution in [3.63, 3.8) is 0 Å². The quantitative estimate of drug-likeness (QED) is 0.277. The first-order valence-corrected chi connectivity index (χ1v) is 15.7. The van der Waals surface area contributed by atoms with Gasteiger partial charge < -0.3 is 25.6 Å². The monoisotopic (exact) mass is 633 g/mol. The molecule has 0 spiro atoms. The molecule has 0 aliphatic carbocycles. The Bertz CT molecular complexity index is 1450. The number of rotatable bonds is 9. The van der Waals surface area contributed by atoms with Crippen LogP contribution in [0.3, 0.4) is 0 Å². The van der Waals surface area contributed by atoms with Gasteiger partial charge in [0.05, 0.1) is 22.4 Å². The van der Waals surface area contributed by atoms with Crippen LogP contribution in [0.2, 0.25) is 10.0 Å². The second-order valence-electron chi connectivity index (χ2n) is 11.0. The first kappa shape index (κ1) is 29.1. The number of carbonyl (C=O) groups is 2. The summed E-state index contributed by atoms with van der Waals surface area (Å²) in [6, 6.07) is 0.454. The van der Waals surface area contributed by atoms with Crippen molar-refractivity contribution >= 4 is 57.4 Å². The van der Waals surface area contributed by atoms with Crippen molar-refractivity contribution in [3.05, 3.63) is 38.7 Å². The molecule has 4 N–H and O–H groups in total. The molecule has 4 aliphatic heterocycles. The third-order valence-electron chi connectivity index (χ3n) is 8.33. The Morgan fingerprint density at radius 3 is 2.43 bits per heavy atom. The molecule has 7 rings (SSSR count). The predicted octanol–water partition coefficient (Wildman–Crippen LogP) is 3.30. The lowest BCUT2D eigenvalue weighted by molar-refractivity contribution is 0.0189. The summed E-state index contributed by atoms with van der Waals surface area (Å²) >= 11 is 13.4. The first-order chi connectivity index (χ1) is 20.3. The molecular formula is C27H33Cl2N9O3S. The standard InChI is InChI=1S/C27H33Cl2N9O3S/c1-15-20(28)21(29)23(34-15)25(39)33-10-16-2-4-38(5-3-16)27-35-22(24(42-27)26(40)41)18-12-32-19(13-30-18)31-11-17-14-36-6-8-37(17)9-7-36/h12-13,16-17,34H,2-11,14H2,1H3,(H,31,32)(H,33,39)(H,40,41). The van der Waals surface area contributed by atoms with Crippen LogP contribution in [-0.4, -0.2) is 112 Å². The number of thiazole rings is 1. The summed E-state index contributed by atoms with van der Waals surface area (Å²) in [7, 11) is 0. The molecule has 42 heavy (non-hydrogen) atoms. The summed E-state index contributed by atoms with van der Waals surface area (Å²) in [6.07, 6.45) is 4.88. The van der Waals surface area contributed by atoms with Gasteiger partial charge in [-0.25, -0.2) is 19.7 Å². The molecule has 224 valence electrons. The second kappa shape index (κ2) is 12.3. The molecule has 0 saturated carbocycles. The lowest BCUT2D eigenvalue weighted by atomic mass is 9.97. The van der Waals surface area contributed by atoms with Crippen LogP contribution in [0.4, 0.5) is 10.9 Å². The number of aromatic nitrogens is 4. The smallest absolute Gasteiger partial charge is 0.348 e. The number of anilines is 2. The molecule has 15 heteroatoms. The molecule has 7 heterocycles. The molecule has 12 nitrogen and oxygen atoms in total. The van der Waals surface area contributed by atoms with E-state index < -0.39 is 5.97 Å². The van der Waals surface area contributed by atoms with E-state index in [-0.39, 0.29) is 27.4 Å². The van der Waals surface area contributed by atoms with Gasteiger partial charge in [-0.1, -0.05) is 34.5 Å². The Hall–Kier alpha value is -2.97. The molecule has 4 aliphatic rings. The molecule has 0 radical (unpaired) electrons. The van der Waals surface area contributed by atoms with Gasteiger partial charge in [-0.05, 0) is 25.7 Å². The molecule has 0 aromatic carbocycles. The molecule has 2 bridgehead atoms. The third-order valence-corrected chi connectivity index (χ3v) is 10.4. The van der Waals surface area contributed by atoms with Crippen LogP contribution in [-0.2, 0) is 0 Å². The van der Waals surface area contributed by atoms with Gasteiger partial charge in [0.1, 0.15) is 27.8 Å². The molecule has 1 amide bonds. The van der Waals surface area contributed by atoms with E-state index in [1.165, 1.54) is 0 Å². The number of aromatic carboxylic acids is 1. The Labute approximate surface area is 257 Å². The number of nitrogens with one attached hydrogen (secondary N) is 3. The summed E-state index contributed by atoms with van der Waals surface area (Å²) in [6.45, 7) is 10.0. The average Bonchev–Trinajstić information content (AvgIpc) is 3.58. The van der Waals surface area contributed by atoms with Crippen LogP contribution in [0.5, 0.6) is 0 Å². The van der Waals surface area contributed by atoms with E-state index in [0.717, 1.165) is 63.4 Å². The van der Waals surface area contributed by atoms with Gasteiger partial charge in [0.2, 0.25) is 0 Å². The van der Waals surface area contributed by atoms with Crippen LogP contribution >= 0.6 is 34.5 Å². The zero-order valence-electron chi connectivity index (χ0n) is 23.2. The van der Waals surface area contributed by atoms with Crippen LogP contribution in [0.15, 0.2) is 12.4 Å². The highest BCUT2D eigenvalue weighted by Gasteiger charge is 2.32. The average molecular weight is 635 g/mol. The van der Waals surface area contributed by atoms with Gasteiger partial charge in [0.15, 0.2) is 5.13 Å². The van der Waals surface area contributed by atoms with Crippen LogP contribution in [0.25, 0.3) is 11.4 Å². The molecule has 3 aromatic heterocycles. The first-order valence-electron chi connectivity index (χ1n) is 14.1. The number of nitrogens with zero attached hydrogens (tertiary/aromatic N) is 6. The van der Waals surface area contributed by atoms with Crippen LogP contribution in [0, 0.1) is 12.8 Å². The number of carboxylic acid groups (broad SMARTS) is 1. The van der Waals surface area contributed by atoms with Gasteiger partial charge in [-0.15, -0.1) is 0 Å². The van der Waals surface area contributed by atoms with Crippen molar-refractivity contribution in [3.8, 4) is 11.4 Å². The minimum absolute atomic E-state index is 0.145. The number of H-pyrrole nitrogens is 1. The molecular weight excluding hydrogens is 601 g/mol. The summed E-state index contributed by atoms with van der Waals surface area (Å²) in [5.74, 6) is -0.385. The lowest BCUT2D eigenvalue weighted by Gasteiger charge is -2.47. The lowest BCUT2D eigenvalue weighted by Crippen LogP contribution is -2.62. The predicted molar refractivity (Wildman–Crippen MR) is 163 cm³/mol. The second-order valence-corrected chi connectivity index (χ2v) is 12.8. The van der Waals surface area contributed by atoms with Crippen LogP contribution < -0.4 is 15.5 Å². The number of aryl methyl sites for hydroxylation is 1. The molecule has 3 aromatic rings. The normalized spacial score (nSPS) is 22.4. The van der Waals surface area contributed by atoms with Crippen molar-refractivity contribution in [2.45, 2.75) is 25.8 Å². The minimum atomic E-state index is -1.04. The van der Waals surface area contributed by atoms with E-state index in [0.29, 0.717) is 58.7 Å². The largest absolute Gasteiger partial charge is 0.477 e. The van der Waals surface area contributed by atoms with Gasteiger partial charge in [0.25, 0.3) is 5.91 Å². The van der Waals surface area contributed by atoms with Crippen molar-refractivity contribution < 1.29 is 14.7 Å². The number of hydrogen-bond acceptors (Lipinski definition) is 10. The van der Waals surface area contributed by atoms with Crippen molar-refractivity contribution in [1.29, 1.82) is 0 Å². The van der Waals surface area contributed by atoms with E-state index in [1.807, 2.05) is 0 Å². The van der Waals surface area contributed by atoms with Crippen molar-refractivity contribution in [1.82, 2.24) is 35.1 Å². The Morgan fingerprint density at radius 1 is 1.07 bits per heavy atom. The molecule has 4 saturated heterocycles. The highest BCUT2D eigenvalue weighted by atomic mass is 35.5. The van der Waals surface area contributed by atoms with Gasteiger partial charge in [-0.3, -0.25) is 14.6 Å².